The molecule has 3 N–H and O–H groups in total. The molecule has 10 nitrogen and oxygen atoms in total. The van der Waals surface area contributed by atoms with Gasteiger partial charge in [0.05, 0.1) is 20.8 Å². The number of aromatic nitrogens is 1. The van der Waals surface area contributed by atoms with E-state index >= 15 is 0 Å². The maximum atomic E-state index is 13.6. The molecule has 2 fully saturated rings. The van der Waals surface area contributed by atoms with Crippen molar-refractivity contribution in [3.63, 3.8) is 0 Å². The first-order valence-electron chi connectivity index (χ1n) is 16.8. The predicted molar refractivity (Wildman–Crippen MR) is 195 cm³/mol. The monoisotopic (exact) mass is 755 g/mol. The molecule has 6 rings (SSSR count). The molecule has 2 aliphatic heterocycles. The molecular formula is C38H43Cl2N3O7S. The van der Waals surface area contributed by atoms with E-state index in [9.17, 15) is 9.59 Å². The molecule has 51 heavy (non-hydrogen) atoms. The van der Waals surface area contributed by atoms with Crippen LogP contribution in [-0.2, 0) is 27.2 Å². The second-order valence-corrected chi connectivity index (χ2v) is 14.8. The first-order valence-corrected chi connectivity index (χ1v) is 18.3. The second kappa shape index (κ2) is 17.7. The van der Waals surface area contributed by atoms with Crippen LogP contribution in [0.3, 0.4) is 0 Å². The molecule has 2 aliphatic rings. The Morgan fingerprint density at radius 2 is 1.63 bits per heavy atom. The number of rotatable bonds is 14. The average Bonchev–Trinajstić information content (AvgIpc) is 3.67. The normalized spacial score (nSPS) is 19.4. The lowest BCUT2D eigenvalue weighted by Gasteiger charge is -2.36. The Bertz CT molecular complexity index is 1760. The van der Waals surface area contributed by atoms with Crippen LogP contribution < -0.4 is 19.8 Å². The molecule has 0 saturated carbocycles. The summed E-state index contributed by atoms with van der Waals surface area (Å²) in [6, 6.07) is 19.1. The number of nitrogens with one attached hydrogen (secondary N) is 2. The molecule has 2 unspecified atom stereocenters. The van der Waals surface area contributed by atoms with Gasteiger partial charge in [-0.05, 0) is 74.0 Å². The topological polar surface area (TPSA) is 130 Å². The quantitative estimate of drug-likeness (QED) is 0.134. The molecule has 272 valence electrons. The van der Waals surface area contributed by atoms with Crippen LogP contribution in [0.4, 0.5) is 0 Å². The fourth-order valence-corrected chi connectivity index (χ4v) is 8.41. The first kappa shape index (κ1) is 38.5. The molecule has 0 spiro atoms. The number of fused-ring (bicyclic) bond motifs is 2. The molecule has 2 aromatic carbocycles. The van der Waals surface area contributed by atoms with Crippen molar-refractivity contribution in [1.29, 1.82) is 0 Å². The third-order valence-electron chi connectivity index (χ3n) is 9.78. The van der Waals surface area contributed by atoms with Crippen LogP contribution >= 0.6 is 34.5 Å². The Labute approximate surface area is 312 Å². The van der Waals surface area contributed by atoms with E-state index in [1.807, 2.05) is 42.5 Å². The number of H-pyrrole nitrogens is 1. The molecule has 4 aromatic rings. The average molecular weight is 757 g/mol. The second-order valence-electron chi connectivity index (χ2n) is 12.9. The molecule has 13 heteroatoms. The third-order valence-corrected chi connectivity index (χ3v) is 11.5. The number of hydrogen-bond acceptors (Lipinski definition) is 10. The van der Waals surface area contributed by atoms with Crippen molar-refractivity contribution in [2.75, 3.05) is 27.9 Å². The van der Waals surface area contributed by atoms with Gasteiger partial charge in [-0.2, -0.15) is 0 Å². The Kier molecular flexibility index (Phi) is 13.4. The summed E-state index contributed by atoms with van der Waals surface area (Å²) in [5, 5.41) is 4.23. The summed E-state index contributed by atoms with van der Waals surface area (Å²) in [4.78, 5) is 33.8. The molecular weight excluding hydrogens is 713 g/mol. The first-order chi connectivity index (χ1) is 24.2. The largest absolute Gasteiger partial charge is 0.870 e. The van der Waals surface area contributed by atoms with Gasteiger partial charge >= 0.3 is 11.9 Å². The number of piperidine rings is 1. The highest BCUT2D eigenvalue weighted by atomic mass is 35.5. The van der Waals surface area contributed by atoms with Gasteiger partial charge in [-0.25, -0.2) is 14.6 Å². The molecule has 2 aromatic heterocycles. The molecule has 2 bridgehead atoms. The van der Waals surface area contributed by atoms with Crippen LogP contribution in [0.25, 0.3) is 0 Å². The maximum Gasteiger partial charge on any atom is 0.348 e. The number of esters is 2. The minimum atomic E-state index is -0.736. The van der Waals surface area contributed by atoms with Gasteiger partial charge in [0.2, 0.25) is 0 Å². The van der Waals surface area contributed by atoms with Crippen LogP contribution in [0, 0.1) is 5.92 Å². The van der Waals surface area contributed by atoms with Crippen LogP contribution in [0.5, 0.6) is 11.5 Å². The molecule has 0 radical (unpaired) electrons. The molecule has 2 saturated heterocycles. The van der Waals surface area contributed by atoms with E-state index < -0.39 is 18.1 Å². The minimum absolute atomic E-state index is 0. The highest BCUT2D eigenvalue weighted by Crippen LogP contribution is 2.38. The smallest absolute Gasteiger partial charge is 0.348 e. The third kappa shape index (κ3) is 9.21. The number of methoxy groups -OCH3 is 2. The van der Waals surface area contributed by atoms with Gasteiger partial charge in [0, 0.05) is 35.5 Å². The lowest BCUT2D eigenvalue weighted by molar-refractivity contribution is -0.377. The Hall–Kier alpha value is -3.71. The number of halogens is 2. The Balaban J connectivity index is 0.00000504. The van der Waals surface area contributed by atoms with Crippen molar-refractivity contribution in [3.05, 3.63) is 110 Å². The van der Waals surface area contributed by atoms with Gasteiger partial charge in [0.25, 0.3) is 0 Å². The van der Waals surface area contributed by atoms with E-state index in [4.69, 9.17) is 42.1 Å². The van der Waals surface area contributed by atoms with Crippen molar-refractivity contribution in [1.82, 2.24) is 10.2 Å². The van der Waals surface area contributed by atoms with E-state index in [-0.39, 0.29) is 17.9 Å². The summed E-state index contributed by atoms with van der Waals surface area (Å²) < 4.78 is 23.0. The van der Waals surface area contributed by atoms with Crippen molar-refractivity contribution >= 4 is 46.5 Å². The number of carbonyl (C=O) groups is 2. The summed E-state index contributed by atoms with van der Waals surface area (Å²) in [5.74, 6) is 0.631. The SMILES string of the molecule is COc1ccc([C@H](Cc2c(Cl)c[nH+]cc2Cl)OC(=O)c2ccc(CNC(C(=O)OCC3C[C@H]4CC[C@@H](C3)N4C)c3ccccc3)s2)cc1OC.[OH-]. The van der Waals surface area contributed by atoms with E-state index in [1.54, 1.807) is 44.8 Å². The number of nitrogens with zero attached hydrogens (tertiary/aromatic N) is 1. The van der Waals surface area contributed by atoms with Gasteiger partial charge in [0.15, 0.2) is 23.9 Å². The van der Waals surface area contributed by atoms with E-state index in [1.165, 1.54) is 24.2 Å². The number of carbonyl (C=O) groups excluding carboxylic acids is 2. The van der Waals surface area contributed by atoms with Crippen molar-refractivity contribution in [2.24, 2.45) is 5.92 Å². The number of ether oxygens (including phenoxy) is 4. The van der Waals surface area contributed by atoms with Gasteiger partial charge < -0.3 is 29.3 Å². The highest BCUT2D eigenvalue weighted by Gasteiger charge is 2.39. The summed E-state index contributed by atoms with van der Waals surface area (Å²) in [5.41, 5.74) is 2.15. The number of thiophene rings is 1. The lowest BCUT2D eigenvalue weighted by Crippen LogP contribution is -2.41. The number of aromatic amines is 1. The standard InChI is InChI=1S/C38H41Cl2N3O6S.H2O/c1-43-26-10-11-27(43)16-23(15-26)22-48-38(45)36(24-7-5-4-6-8-24)42-19-28-12-14-35(50-28)37(44)49-33(18-29-30(39)20-41-21-31(29)40)25-9-13-32(46-2)34(17-25)47-3;/h4-9,12-14,17,20-21,23,26-27,33,36,42H,10-11,15-16,18-19,22H2,1-3H3;1H2/t23?,26-,27+,33-,36?;/m0./s1. The zero-order valence-corrected chi connectivity index (χ0v) is 31.1. The fraction of sp³-hybridized carbons (Fsp3) is 0.395. The Morgan fingerprint density at radius 1 is 0.941 bits per heavy atom. The molecule has 0 aliphatic carbocycles. The summed E-state index contributed by atoms with van der Waals surface area (Å²) in [7, 11) is 5.32. The highest BCUT2D eigenvalue weighted by molar-refractivity contribution is 7.13. The fourth-order valence-electron chi connectivity index (χ4n) is 7.04. The summed E-state index contributed by atoms with van der Waals surface area (Å²) in [6.07, 6.45) is 7.33. The van der Waals surface area contributed by atoms with Crippen molar-refractivity contribution < 1.29 is 39.0 Å². The van der Waals surface area contributed by atoms with Gasteiger partial charge in [0.1, 0.15) is 27.1 Å². The van der Waals surface area contributed by atoms with Crippen LogP contribution in [0.2, 0.25) is 10.0 Å². The van der Waals surface area contributed by atoms with Crippen LogP contribution in [-0.4, -0.2) is 62.3 Å². The van der Waals surface area contributed by atoms with E-state index in [0.29, 0.717) is 68.7 Å². The van der Waals surface area contributed by atoms with Gasteiger partial charge in [-0.3, -0.25) is 5.32 Å². The van der Waals surface area contributed by atoms with Crippen molar-refractivity contribution in [3.8, 4) is 11.5 Å². The van der Waals surface area contributed by atoms with Crippen molar-refractivity contribution in [2.45, 2.75) is 62.9 Å². The molecule has 0 amide bonds. The molecule has 5 atom stereocenters. The zero-order chi connectivity index (χ0) is 35.2. The summed E-state index contributed by atoms with van der Waals surface area (Å²) in [6.45, 7) is 0.786. The zero-order valence-electron chi connectivity index (χ0n) is 28.8. The summed E-state index contributed by atoms with van der Waals surface area (Å²) >= 11 is 14.3. The van der Waals surface area contributed by atoms with E-state index in [0.717, 1.165) is 23.3 Å². The van der Waals surface area contributed by atoms with Gasteiger partial charge in [-0.15, -0.1) is 11.3 Å². The number of pyridine rings is 1. The number of benzene rings is 2. The Morgan fingerprint density at radius 3 is 2.29 bits per heavy atom. The van der Waals surface area contributed by atoms with E-state index in [2.05, 4.69) is 22.2 Å². The van der Waals surface area contributed by atoms with Crippen LogP contribution in [0.15, 0.2) is 73.1 Å². The molecule has 4 heterocycles. The maximum absolute atomic E-state index is 13.6. The number of hydrogen-bond donors (Lipinski definition) is 1. The minimum Gasteiger partial charge on any atom is -0.870 e. The van der Waals surface area contributed by atoms with Gasteiger partial charge in [-0.1, -0.05) is 59.6 Å². The lowest BCUT2D eigenvalue weighted by atomic mass is 9.92. The van der Waals surface area contributed by atoms with Crippen LogP contribution in [0.1, 0.15) is 69.1 Å². The predicted octanol–water partition coefficient (Wildman–Crippen LogP) is 7.10.